The van der Waals surface area contributed by atoms with Gasteiger partial charge < -0.3 is 20.1 Å². The third-order valence-electron chi connectivity index (χ3n) is 5.54. The van der Waals surface area contributed by atoms with Gasteiger partial charge in [0.05, 0.1) is 6.04 Å². The van der Waals surface area contributed by atoms with Gasteiger partial charge in [0.2, 0.25) is 0 Å². The predicted molar refractivity (Wildman–Crippen MR) is 128 cm³/mol. The summed E-state index contributed by atoms with van der Waals surface area (Å²) in [6.07, 6.45) is 2.49. The van der Waals surface area contributed by atoms with E-state index in [1.165, 1.54) is 24.1 Å². The lowest BCUT2D eigenvalue weighted by Gasteiger charge is -2.28. The fourth-order valence-corrected chi connectivity index (χ4v) is 3.49. The molecular weight excluding hydrogens is 458 g/mol. The van der Waals surface area contributed by atoms with Crippen LogP contribution in [0.1, 0.15) is 24.8 Å². The number of aromatic nitrogens is 1. The number of rotatable bonds is 10. The molecule has 0 bridgehead atoms. The van der Waals surface area contributed by atoms with E-state index in [2.05, 4.69) is 15.6 Å². The zero-order valence-corrected chi connectivity index (χ0v) is 19.3. The number of fused-ring (bicyclic) bond motifs is 1. The van der Waals surface area contributed by atoms with Crippen molar-refractivity contribution in [3.05, 3.63) is 71.9 Å². The average Bonchev–Trinajstić information content (AvgIpc) is 2.86. The van der Waals surface area contributed by atoms with E-state index < -0.39 is 29.8 Å². The Hall–Kier alpha value is -3.79. The van der Waals surface area contributed by atoms with Gasteiger partial charge in [0.15, 0.2) is 11.6 Å². The minimum Gasteiger partial charge on any atom is -0.447 e. The molecule has 0 saturated carbocycles. The third kappa shape index (κ3) is 7.35. The van der Waals surface area contributed by atoms with Gasteiger partial charge in [-0.1, -0.05) is 36.4 Å². The van der Waals surface area contributed by atoms with E-state index in [-0.39, 0.29) is 25.3 Å². The normalized spacial score (nSPS) is 11.7. The van der Waals surface area contributed by atoms with Gasteiger partial charge in [0.25, 0.3) is 0 Å². The highest BCUT2D eigenvalue weighted by Gasteiger charge is 2.22. The van der Waals surface area contributed by atoms with Gasteiger partial charge in [-0.3, -0.25) is 5.32 Å². The van der Waals surface area contributed by atoms with Gasteiger partial charge in [-0.25, -0.2) is 23.4 Å². The summed E-state index contributed by atoms with van der Waals surface area (Å²) in [6, 6.07) is 12.0. The van der Waals surface area contributed by atoms with E-state index >= 15 is 0 Å². The first kappa shape index (κ1) is 25.8. The molecule has 3 rings (SSSR count). The molecule has 0 fully saturated rings. The summed E-state index contributed by atoms with van der Waals surface area (Å²) < 4.78 is 32.6. The molecule has 2 aromatic carbocycles. The number of likely N-dealkylation sites (N-methyl/N-ethyl adjacent to an activating group) is 1. The Labute approximate surface area is 201 Å². The summed E-state index contributed by atoms with van der Waals surface area (Å²) in [5.74, 6) is -1.68. The zero-order chi connectivity index (χ0) is 25.2. The van der Waals surface area contributed by atoms with Crippen molar-refractivity contribution in [3.63, 3.8) is 0 Å². The SMILES string of the molecule is CN(C(=O)NCc1cccc(F)c1F)[C@@H](CCCCO)COC(=O)Nc1cc2ccccc2cn1. The molecule has 0 spiro atoms. The first-order chi connectivity index (χ1) is 16.9. The number of amides is 3. The third-order valence-corrected chi connectivity index (χ3v) is 5.54. The van der Waals surface area contributed by atoms with Crippen LogP contribution in [0.3, 0.4) is 0 Å². The van der Waals surface area contributed by atoms with Crippen LogP contribution in [0.25, 0.3) is 10.8 Å². The van der Waals surface area contributed by atoms with Gasteiger partial charge in [-0.15, -0.1) is 0 Å². The highest BCUT2D eigenvalue weighted by atomic mass is 19.2. The van der Waals surface area contributed by atoms with Crippen LogP contribution in [0.4, 0.5) is 24.2 Å². The fourth-order valence-electron chi connectivity index (χ4n) is 3.49. The molecule has 0 saturated heterocycles. The molecule has 0 aliphatic carbocycles. The standard InChI is InChI=1S/C25H28F2N4O4/c1-31(24(33)29-15-19-9-6-11-21(26)23(19)27)20(10-4-5-12-32)16-35-25(34)30-22-13-17-7-2-3-8-18(17)14-28-22/h2-3,6-9,11,13-14,20,32H,4-5,10,12,15-16H2,1H3,(H,29,33)(H,28,30,34)/t20-/m0/s1. The maximum atomic E-state index is 13.9. The first-order valence-corrected chi connectivity index (χ1v) is 11.2. The molecule has 35 heavy (non-hydrogen) atoms. The van der Waals surface area contributed by atoms with Crippen LogP contribution in [0.2, 0.25) is 0 Å². The number of anilines is 1. The van der Waals surface area contributed by atoms with Crippen molar-refractivity contribution >= 4 is 28.7 Å². The second-order valence-electron chi connectivity index (χ2n) is 8.00. The van der Waals surface area contributed by atoms with Crippen LogP contribution in [0.5, 0.6) is 0 Å². The van der Waals surface area contributed by atoms with Crippen LogP contribution in [0, 0.1) is 11.6 Å². The molecule has 0 aliphatic heterocycles. The van der Waals surface area contributed by atoms with Gasteiger partial charge in [-0.2, -0.15) is 0 Å². The molecule has 1 atom stereocenters. The summed E-state index contributed by atoms with van der Waals surface area (Å²) in [7, 11) is 1.52. The van der Waals surface area contributed by atoms with E-state index in [0.29, 0.717) is 25.1 Å². The van der Waals surface area contributed by atoms with Crippen molar-refractivity contribution in [1.29, 1.82) is 0 Å². The number of nitrogens with zero attached hydrogens (tertiary/aromatic N) is 2. The number of ether oxygens (including phenoxy) is 1. The maximum absolute atomic E-state index is 13.9. The Balaban J connectivity index is 1.57. The molecule has 0 aliphatic rings. The van der Waals surface area contributed by atoms with E-state index in [1.807, 2.05) is 24.3 Å². The lowest BCUT2D eigenvalue weighted by molar-refractivity contribution is 0.112. The van der Waals surface area contributed by atoms with Crippen LogP contribution in [-0.2, 0) is 11.3 Å². The highest BCUT2D eigenvalue weighted by molar-refractivity contribution is 5.89. The van der Waals surface area contributed by atoms with Gasteiger partial charge in [0, 0.05) is 37.3 Å². The molecule has 3 aromatic rings. The second-order valence-corrected chi connectivity index (χ2v) is 8.00. The molecule has 186 valence electrons. The lowest BCUT2D eigenvalue weighted by atomic mass is 10.1. The van der Waals surface area contributed by atoms with Crippen molar-refractivity contribution in [3.8, 4) is 0 Å². The van der Waals surface area contributed by atoms with Crippen molar-refractivity contribution in [1.82, 2.24) is 15.2 Å². The Morgan fingerprint density at radius 1 is 1.11 bits per heavy atom. The Kier molecular flexibility index (Phi) is 9.31. The summed E-state index contributed by atoms with van der Waals surface area (Å²) >= 11 is 0. The van der Waals surface area contributed by atoms with Crippen LogP contribution >= 0.6 is 0 Å². The van der Waals surface area contributed by atoms with Crippen molar-refractivity contribution in [2.45, 2.75) is 31.8 Å². The Morgan fingerprint density at radius 3 is 2.66 bits per heavy atom. The number of pyridine rings is 1. The summed E-state index contributed by atoms with van der Waals surface area (Å²) in [5, 5.41) is 16.0. The smallest absolute Gasteiger partial charge is 0.412 e. The minimum atomic E-state index is -1.02. The van der Waals surface area contributed by atoms with Crippen molar-refractivity contribution in [2.24, 2.45) is 0 Å². The monoisotopic (exact) mass is 486 g/mol. The highest BCUT2D eigenvalue weighted by Crippen LogP contribution is 2.17. The van der Waals surface area contributed by atoms with Gasteiger partial charge in [0.1, 0.15) is 12.4 Å². The number of carbonyl (C=O) groups excluding carboxylic acids is 2. The average molecular weight is 487 g/mol. The van der Waals surface area contributed by atoms with E-state index in [0.717, 1.165) is 16.8 Å². The number of halogens is 2. The number of aliphatic hydroxyl groups excluding tert-OH is 1. The molecule has 1 aromatic heterocycles. The number of carbonyl (C=O) groups is 2. The number of hydrogen-bond donors (Lipinski definition) is 3. The number of benzene rings is 2. The zero-order valence-electron chi connectivity index (χ0n) is 19.3. The number of aliphatic hydroxyl groups is 1. The summed E-state index contributed by atoms with van der Waals surface area (Å²) in [5.41, 5.74) is 0.0158. The summed E-state index contributed by atoms with van der Waals surface area (Å²) in [4.78, 5) is 30.5. The number of nitrogens with one attached hydrogen (secondary N) is 2. The fraction of sp³-hybridized carbons (Fsp3) is 0.320. The first-order valence-electron chi connectivity index (χ1n) is 11.2. The van der Waals surface area contributed by atoms with Crippen molar-refractivity contribution < 1.29 is 28.2 Å². The maximum Gasteiger partial charge on any atom is 0.412 e. The molecule has 10 heteroatoms. The number of unbranched alkanes of at least 4 members (excludes halogenated alkanes) is 1. The molecule has 0 unspecified atom stereocenters. The van der Waals surface area contributed by atoms with Crippen LogP contribution in [0.15, 0.2) is 54.7 Å². The molecule has 0 radical (unpaired) electrons. The largest absolute Gasteiger partial charge is 0.447 e. The quantitative estimate of drug-likeness (QED) is 0.368. The topological polar surface area (TPSA) is 104 Å². The second kappa shape index (κ2) is 12.6. The Morgan fingerprint density at radius 2 is 1.89 bits per heavy atom. The number of urea groups is 1. The van der Waals surface area contributed by atoms with E-state index in [1.54, 1.807) is 12.3 Å². The molecule has 1 heterocycles. The summed E-state index contributed by atoms with van der Waals surface area (Å²) in [6.45, 7) is -0.315. The van der Waals surface area contributed by atoms with Crippen molar-refractivity contribution in [2.75, 3.05) is 25.6 Å². The van der Waals surface area contributed by atoms with Gasteiger partial charge >= 0.3 is 12.1 Å². The molecule has 3 N–H and O–H groups in total. The predicted octanol–water partition coefficient (Wildman–Crippen LogP) is 4.43. The Bertz CT molecular complexity index is 1160. The minimum absolute atomic E-state index is 0.00352. The molecular formula is C25H28F2N4O4. The molecule has 3 amide bonds. The molecule has 8 nitrogen and oxygen atoms in total. The van der Waals surface area contributed by atoms with E-state index in [4.69, 9.17) is 9.84 Å². The van der Waals surface area contributed by atoms with Crippen LogP contribution in [-0.4, -0.2) is 53.4 Å². The van der Waals surface area contributed by atoms with Gasteiger partial charge in [-0.05, 0) is 36.8 Å². The van der Waals surface area contributed by atoms with Crippen LogP contribution < -0.4 is 10.6 Å². The lowest BCUT2D eigenvalue weighted by Crippen LogP contribution is -2.46. The number of hydrogen-bond acceptors (Lipinski definition) is 5. The van der Waals surface area contributed by atoms with E-state index in [9.17, 15) is 18.4 Å².